The van der Waals surface area contributed by atoms with E-state index in [9.17, 15) is 8.78 Å². The van der Waals surface area contributed by atoms with Gasteiger partial charge in [-0.3, -0.25) is 4.90 Å². The van der Waals surface area contributed by atoms with Crippen molar-refractivity contribution in [1.82, 2.24) is 25.2 Å². The van der Waals surface area contributed by atoms with E-state index in [4.69, 9.17) is 24.4 Å². The molecule has 2 aromatic carbocycles. The zero-order valence-corrected chi connectivity index (χ0v) is 24.0. The number of thiazole rings is 1. The molecular formula is C31H32F2N6O2S. The van der Waals surface area contributed by atoms with Gasteiger partial charge in [-0.15, -0.1) is 0 Å². The van der Waals surface area contributed by atoms with Gasteiger partial charge in [0.15, 0.2) is 10.6 Å². The summed E-state index contributed by atoms with van der Waals surface area (Å²) in [6.45, 7) is 7.19. The van der Waals surface area contributed by atoms with Crippen LogP contribution in [0, 0.1) is 5.82 Å². The van der Waals surface area contributed by atoms with E-state index in [1.54, 1.807) is 6.07 Å². The van der Waals surface area contributed by atoms with Gasteiger partial charge in [-0.1, -0.05) is 42.2 Å². The van der Waals surface area contributed by atoms with Crippen molar-refractivity contribution in [2.45, 2.75) is 55.9 Å². The Labute approximate surface area is 246 Å². The Morgan fingerprint density at radius 3 is 2.81 bits per heavy atom. The third kappa shape index (κ3) is 4.40. The fourth-order valence-corrected chi connectivity index (χ4v) is 8.23. The second-order valence-corrected chi connectivity index (χ2v) is 12.9. The van der Waals surface area contributed by atoms with Crippen molar-refractivity contribution in [3.8, 4) is 17.0 Å². The summed E-state index contributed by atoms with van der Waals surface area (Å²) < 4.78 is 41.6. The number of aromatic nitrogens is 3. The molecule has 218 valence electrons. The van der Waals surface area contributed by atoms with Gasteiger partial charge >= 0.3 is 6.01 Å². The summed E-state index contributed by atoms with van der Waals surface area (Å²) in [6, 6.07) is 9.86. The number of nitrogens with one attached hydrogen (secondary N) is 1. The van der Waals surface area contributed by atoms with E-state index in [-0.39, 0.29) is 17.4 Å². The van der Waals surface area contributed by atoms with E-state index in [1.807, 2.05) is 18.2 Å². The van der Waals surface area contributed by atoms with Crippen LogP contribution in [0.5, 0.6) is 17.0 Å². The highest BCUT2D eigenvalue weighted by Crippen LogP contribution is 2.42. The third-order valence-corrected chi connectivity index (χ3v) is 10.2. The molecule has 4 fully saturated rings. The molecule has 4 aromatic rings. The van der Waals surface area contributed by atoms with Crippen LogP contribution in [0.25, 0.3) is 27.2 Å². The summed E-state index contributed by atoms with van der Waals surface area (Å²) in [5.41, 5.74) is 0.754. The molecule has 0 amide bonds. The van der Waals surface area contributed by atoms with Crippen molar-refractivity contribution in [1.29, 1.82) is 0 Å². The number of alkyl halides is 1. The molecule has 0 radical (unpaired) electrons. The molecule has 2 bridgehead atoms. The minimum Gasteiger partial charge on any atom is -0.461 e. The third-order valence-electron chi connectivity index (χ3n) is 9.34. The Morgan fingerprint density at radius 1 is 1.12 bits per heavy atom. The van der Waals surface area contributed by atoms with E-state index in [1.165, 1.54) is 23.5 Å². The first-order valence-corrected chi connectivity index (χ1v) is 15.5. The summed E-state index contributed by atoms with van der Waals surface area (Å²) in [5.74, 6) is 0.864. The largest absolute Gasteiger partial charge is 0.461 e. The predicted octanol–water partition coefficient (Wildman–Crippen LogP) is 5.71. The standard InChI is InChI=1S/C31H32F2N6O2S/c1-2-22-23(33)10-7-18-5-3-6-24(25(18)22)41-30-35-26-27(38-15-20-8-9-21(16-38)34-20)36-29(37-28(26)42-30)40-17-31-11-4-12-39(31)14-19(32)13-31/h2-3,5-7,10,19-21,34H,1,4,8-9,11-17H2/t19-,20?,21?,31+/m1/s1. The molecule has 11 heteroatoms. The van der Waals surface area contributed by atoms with Crippen LogP contribution in [0.3, 0.4) is 0 Å². The van der Waals surface area contributed by atoms with Crippen LogP contribution in [-0.4, -0.2) is 76.4 Å². The monoisotopic (exact) mass is 590 g/mol. The topological polar surface area (TPSA) is 75.6 Å². The number of nitrogens with zero attached hydrogens (tertiary/aromatic N) is 5. The average Bonchev–Trinajstić information content (AvgIpc) is 3.73. The number of hydrogen-bond donors (Lipinski definition) is 1. The van der Waals surface area contributed by atoms with Crippen molar-refractivity contribution >= 4 is 44.4 Å². The van der Waals surface area contributed by atoms with E-state index in [0.717, 1.165) is 56.5 Å². The first-order chi connectivity index (χ1) is 20.5. The zero-order chi connectivity index (χ0) is 28.4. The molecule has 6 heterocycles. The lowest BCUT2D eigenvalue weighted by molar-refractivity contribution is 0.107. The predicted molar refractivity (Wildman–Crippen MR) is 160 cm³/mol. The molecule has 2 aromatic heterocycles. The fourth-order valence-electron chi connectivity index (χ4n) is 7.44. The van der Waals surface area contributed by atoms with Gasteiger partial charge in [-0.25, -0.2) is 8.78 Å². The van der Waals surface area contributed by atoms with Crippen molar-refractivity contribution in [2.75, 3.05) is 37.7 Å². The lowest BCUT2D eigenvalue weighted by Crippen LogP contribution is -2.51. The van der Waals surface area contributed by atoms with E-state index in [2.05, 4.69) is 21.7 Å². The normalized spacial score (nSPS) is 27.2. The van der Waals surface area contributed by atoms with Crippen LogP contribution in [-0.2, 0) is 0 Å². The number of halogens is 2. The minimum absolute atomic E-state index is 0.281. The molecule has 8 nitrogen and oxygen atoms in total. The number of rotatable bonds is 7. The molecular weight excluding hydrogens is 558 g/mol. The summed E-state index contributed by atoms with van der Waals surface area (Å²) in [4.78, 5) is 19.7. The highest BCUT2D eigenvalue weighted by Gasteiger charge is 2.49. The smallest absolute Gasteiger partial charge is 0.319 e. The van der Waals surface area contributed by atoms with Crippen LogP contribution >= 0.6 is 11.3 Å². The average molecular weight is 591 g/mol. The maximum atomic E-state index is 14.7. The van der Waals surface area contributed by atoms with Crippen molar-refractivity contribution in [3.05, 3.63) is 48.3 Å². The van der Waals surface area contributed by atoms with Crippen LogP contribution in [0.1, 0.15) is 37.7 Å². The van der Waals surface area contributed by atoms with Crippen LogP contribution < -0.4 is 19.7 Å². The Hall–Kier alpha value is -3.41. The molecule has 0 aliphatic carbocycles. The molecule has 4 saturated heterocycles. The number of hydrogen-bond acceptors (Lipinski definition) is 9. The lowest BCUT2D eigenvalue weighted by Gasteiger charge is -2.34. The molecule has 4 atom stereocenters. The molecule has 8 rings (SSSR count). The van der Waals surface area contributed by atoms with Crippen LogP contribution in [0.2, 0.25) is 0 Å². The first-order valence-electron chi connectivity index (χ1n) is 14.7. The maximum absolute atomic E-state index is 14.7. The van der Waals surface area contributed by atoms with Crippen LogP contribution in [0.4, 0.5) is 14.6 Å². The molecule has 2 unspecified atom stereocenters. The summed E-state index contributed by atoms with van der Waals surface area (Å²) in [5, 5.41) is 5.55. The van der Waals surface area contributed by atoms with Crippen molar-refractivity contribution in [3.63, 3.8) is 0 Å². The summed E-state index contributed by atoms with van der Waals surface area (Å²) >= 11 is 1.31. The zero-order valence-electron chi connectivity index (χ0n) is 23.2. The Bertz CT molecular complexity index is 1690. The molecule has 4 aliphatic rings. The Morgan fingerprint density at radius 2 is 1.98 bits per heavy atom. The summed E-state index contributed by atoms with van der Waals surface area (Å²) in [7, 11) is 0. The minimum atomic E-state index is -0.825. The SMILES string of the molecule is C=Cc1c(F)ccc2cccc(Oc3nc4c(N5CC6CCC(C5)N6)nc(OC[C@@]56CCCN5C[C@H](F)C6)nc4s3)c12. The van der Waals surface area contributed by atoms with Crippen molar-refractivity contribution < 1.29 is 18.3 Å². The molecule has 0 saturated carbocycles. The molecule has 42 heavy (non-hydrogen) atoms. The summed E-state index contributed by atoms with van der Waals surface area (Å²) in [6.07, 6.45) is 5.41. The van der Waals surface area contributed by atoms with Gasteiger partial charge < -0.3 is 19.7 Å². The number of piperazine rings is 1. The Balaban J connectivity index is 1.16. The first kappa shape index (κ1) is 26.2. The van der Waals surface area contributed by atoms with Gasteiger partial charge in [-0.05, 0) is 49.7 Å². The van der Waals surface area contributed by atoms with Gasteiger partial charge in [0.25, 0.3) is 5.19 Å². The fraction of sp³-hybridized carbons (Fsp3) is 0.452. The van der Waals surface area contributed by atoms with E-state index in [0.29, 0.717) is 63.9 Å². The molecule has 4 aliphatic heterocycles. The molecule has 0 spiro atoms. The molecule has 1 N–H and O–H groups in total. The van der Waals surface area contributed by atoms with E-state index >= 15 is 0 Å². The van der Waals surface area contributed by atoms with Crippen LogP contribution in [0.15, 0.2) is 36.9 Å². The quantitative estimate of drug-likeness (QED) is 0.294. The van der Waals surface area contributed by atoms with Gasteiger partial charge in [0.1, 0.15) is 29.9 Å². The number of anilines is 1. The highest BCUT2D eigenvalue weighted by molar-refractivity contribution is 7.19. The maximum Gasteiger partial charge on any atom is 0.319 e. The van der Waals surface area contributed by atoms with E-state index < -0.39 is 6.17 Å². The van der Waals surface area contributed by atoms with Crippen molar-refractivity contribution in [2.24, 2.45) is 0 Å². The number of ether oxygens (including phenoxy) is 2. The van der Waals surface area contributed by atoms with Gasteiger partial charge in [0.2, 0.25) is 0 Å². The lowest BCUT2D eigenvalue weighted by atomic mass is 9.95. The number of fused-ring (bicyclic) bond motifs is 5. The highest BCUT2D eigenvalue weighted by atomic mass is 32.1. The number of benzene rings is 2. The second kappa shape index (κ2) is 10.1. The van der Waals surface area contributed by atoms with Gasteiger partial charge in [-0.2, -0.15) is 15.0 Å². The van der Waals surface area contributed by atoms with Gasteiger partial charge in [0.05, 0.1) is 5.54 Å². The second-order valence-electron chi connectivity index (χ2n) is 12.0. The van der Waals surface area contributed by atoms with Gasteiger partial charge in [0, 0.05) is 49.1 Å². The Kier molecular flexibility index (Phi) is 6.31.